The highest BCUT2D eigenvalue weighted by Gasteiger charge is 2.29. The molecule has 11 nitrogen and oxygen atoms in total. The number of carbonyl (C=O) groups is 5. The Balaban J connectivity index is 1.98. The number of ether oxygens (including phenoxy) is 2. The van der Waals surface area contributed by atoms with Gasteiger partial charge in [-0.3, -0.25) is 24.0 Å². The number of esters is 2. The number of carbonyl (C=O) groups excluding carboxylic acids is 5. The van der Waals surface area contributed by atoms with Crippen molar-refractivity contribution in [1.29, 1.82) is 0 Å². The fourth-order valence-corrected chi connectivity index (χ4v) is 3.75. The maximum Gasteiger partial charge on any atom is 0.306 e. The minimum atomic E-state index is -1.21. The summed E-state index contributed by atoms with van der Waals surface area (Å²) < 4.78 is 10.5. The molecule has 0 saturated heterocycles. The highest BCUT2D eigenvalue weighted by atomic mass is 16.5. The Morgan fingerprint density at radius 2 is 1.17 bits per heavy atom. The molecule has 3 amide bonds. The maximum atomic E-state index is 13.2. The molecular weight excluding hydrogens is 528 g/mol. The van der Waals surface area contributed by atoms with Crippen molar-refractivity contribution in [2.24, 2.45) is 17.4 Å². The molecule has 0 spiro atoms. The number of hydrogen-bond donors (Lipinski definition) is 4. The molecule has 0 aromatic heterocycles. The van der Waals surface area contributed by atoms with Crippen LogP contribution in [0.2, 0.25) is 0 Å². The molecule has 2 aromatic rings. The van der Waals surface area contributed by atoms with Crippen molar-refractivity contribution >= 4 is 29.7 Å². The molecule has 4 atom stereocenters. The molecule has 41 heavy (non-hydrogen) atoms. The first-order valence-corrected chi connectivity index (χ1v) is 13.6. The van der Waals surface area contributed by atoms with E-state index in [2.05, 4.69) is 10.6 Å². The van der Waals surface area contributed by atoms with E-state index in [1.54, 1.807) is 19.1 Å². The summed E-state index contributed by atoms with van der Waals surface area (Å²) in [6, 6.07) is 14.9. The predicted octanol–water partition coefficient (Wildman–Crippen LogP) is 1.86. The number of nitrogens with two attached hydrogens (primary N) is 2. The summed E-state index contributed by atoms with van der Waals surface area (Å²) >= 11 is 0. The third-order valence-corrected chi connectivity index (χ3v) is 6.61. The quantitative estimate of drug-likeness (QED) is 0.209. The third kappa shape index (κ3) is 12.2. The summed E-state index contributed by atoms with van der Waals surface area (Å²) in [4.78, 5) is 62.6. The van der Waals surface area contributed by atoms with Crippen LogP contribution in [-0.4, -0.2) is 47.8 Å². The second kappa shape index (κ2) is 17.4. The Morgan fingerprint density at radius 3 is 1.61 bits per heavy atom. The summed E-state index contributed by atoms with van der Waals surface area (Å²) in [6.45, 7) is 3.82. The van der Waals surface area contributed by atoms with Crippen LogP contribution in [-0.2, 0) is 46.7 Å². The summed E-state index contributed by atoms with van der Waals surface area (Å²) in [5.74, 6) is -3.48. The molecule has 0 fully saturated rings. The third-order valence-electron chi connectivity index (χ3n) is 6.61. The van der Waals surface area contributed by atoms with E-state index in [-0.39, 0.29) is 44.8 Å². The van der Waals surface area contributed by atoms with Gasteiger partial charge in [-0.15, -0.1) is 0 Å². The number of hydrogen-bond acceptors (Lipinski definition) is 8. The highest BCUT2D eigenvalue weighted by molar-refractivity contribution is 5.93. The predicted molar refractivity (Wildman–Crippen MR) is 151 cm³/mol. The van der Waals surface area contributed by atoms with Crippen molar-refractivity contribution in [2.75, 3.05) is 0 Å². The molecule has 0 saturated carbocycles. The van der Waals surface area contributed by atoms with Gasteiger partial charge in [-0.1, -0.05) is 80.9 Å². The van der Waals surface area contributed by atoms with Crippen LogP contribution in [0.5, 0.6) is 0 Å². The van der Waals surface area contributed by atoms with Crippen LogP contribution in [0, 0.1) is 5.92 Å². The molecule has 2 aromatic carbocycles. The minimum Gasteiger partial charge on any atom is -0.461 e. The van der Waals surface area contributed by atoms with Gasteiger partial charge in [0.15, 0.2) is 0 Å². The summed E-state index contributed by atoms with van der Waals surface area (Å²) in [5.41, 5.74) is 13.1. The van der Waals surface area contributed by atoms with Crippen molar-refractivity contribution in [3.63, 3.8) is 0 Å². The van der Waals surface area contributed by atoms with Crippen LogP contribution in [0.25, 0.3) is 0 Å². The normalized spacial score (nSPS) is 13.6. The van der Waals surface area contributed by atoms with Crippen LogP contribution in [0.15, 0.2) is 60.7 Å². The van der Waals surface area contributed by atoms with E-state index in [0.717, 1.165) is 11.1 Å². The number of benzene rings is 2. The minimum absolute atomic E-state index is 0.0614. The lowest BCUT2D eigenvalue weighted by atomic mass is 9.98. The highest BCUT2D eigenvalue weighted by Crippen LogP contribution is 2.10. The zero-order valence-electron chi connectivity index (χ0n) is 23.5. The largest absolute Gasteiger partial charge is 0.461 e. The van der Waals surface area contributed by atoms with Crippen LogP contribution in [0.1, 0.15) is 57.1 Å². The van der Waals surface area contributed by atoms with Crippen molar-refractivity contribution in [3.05, 3.63) is 71.8 Å². The number of amides is 3. The lowest BCUT2D eigenvalue weighted by molar-refractivity contribution is -0.146. The topological polar surface area (TPSA) is 180 Å². The van der Waals surface area contributed by atoms with E-state index >= 15 is 0 Å². The molecule has 0 aliphatic carbocycles. The molecule has 0 aliphatic rings. The fraction of sp³-hybridized carbons (Fsp3) is 0.433. The SMILES string of the molecule is CC[C@@H](C)[C@H](N)C(=O)N[C@@H](CCC(=O)OCc1ccccc1)C(=O)N[C@@H](CCC(=O)OCc1ccccc1)C(N)=O. The average molecular weight is 569 g/mol. The Hall–Kier alpha value is -4.25. The molecule has 6 N–H and O–H groups in total. The first-order valence-electron chi connectivity index (χ1n) is 13.6. The van der Waals surface area contributed by atoms with E-state index in [9.17, 15) is 24.0 Å². The second-order valence-electron chi connectivity index (χ2n) is 9.81. The summed E-state index contributed by atoms with van der Waals surface area (Å²) in [7, 11) is 0. The maximum absolute atomic E-state index is 13.2. The van der Waals surface area contributed by atoms with E-state index in [4.69, 9.17) is 20.9 Å². The van der Waals surface area contributed by atoms with Crippen LogP contribution in [0.4, 0.5) is 0 Å². The molecule has 11 heteroatoms. The molecular formula is C30H40N4O7. The van der Waals surface area contributed by atoms with Gasteiger partial charge in [0.1, 0.15) is 25.3 Å². The first kappa shape index (κ1) is 33.0. The smallest absolute Gasteiger partial charge is 0.306 e. The van der Waals surface area contributed by atoms with Gasteiger partial charge in [-0.2, -0.15) is 0 Å². The van der Waals surface area contributed by atoms with Gasteiger partial charge >= 0.3 is 11.9 Å². The number of rotatable bonds is 17. The van der Waals surface area contributed by atoms with Gasteiger partial charge in [0.25, 0.3) is 0 Å². The Morgan fingerprint density at radius 1 is 0.732 bits per heavy atom. The van der Waals surface area contributed by atoms with Gasteiger partial charge in [0.2, 0.25) is 17.7 Å². The van der Waals surface area contributed by atoms with E-state index < -0.39 is 47.8 Å². The lowest BCUT2D eigenvalue weighted by Gasteiger charge is -2.24. The van der Waals surface area contributed by atoms with Crippen molar-refractivity contribution in [2.45, 2.75) is 77.3 Å². The zero-order valence-corrected chi connectivity index (χ0v) is 23.5. The van der Waals surface area contributed by atoms with E-state index in [1.807, 2.05) is 55.5 Å². The number of nitrogens with one attached hydrogen (secondary N) is 2. The first-order chi connectivity index (χ1) is 19.6. The Labute approximate surface area is 240 Å². The average Bonchev–Trinajstić information content (AvgIpc) is 2.98. The molecule has 0 aliphatic heterocycles. The molecule has 0 unspecified atom stereocenters. The summed E-state index contributed by atoms with van der Waals surface area (Å²) in [6.07, 6.45) is 0.0601. The van der Waals surface area contributed by atoms with Crippen LogP contribution < -0.4 is 22.1 Å². The molecule has 2 rings (SSSR count). The second-order valence-corrected chi connectivity index (χ2v) is 9.81. The van der Waals surface area contributed by atoms with Crippen LogP contribution in [0.3, 0.4) is 0 Å². The summed E-state index contributed by atoms with van der Waals surface area (Å²) in [5, 5.41) is 5.07. The number of primary amides is 1. The van der Waals surface area contributed by atoms with Crippen molar-refractivity contribution < 1.29 is 33.4 Å². The fourth-order valence-electron chi connectivity index (χ4n) is 3.75. The van der Waals surface area contributed by atoms with Gasteiger partial charge < -0.3 is 31.6 Å². The molecule has 222 valence electrons. The standard InChI is InChI=1S/C30H40N4O7/c1-3-20(2)27(31)30(39)34-24(15-17-26(36)41-19-22-12-8-5-9-13-22)29(38)33-23(28(32)37)14-16-25(35)40-18-21-10-6-4-7-11-21/h4-13,20,23-24,27H,3,14-19,31H2,1-2H3,(H2,32,37)(H,33,38)(H,34,39)/t20-,23+,24+,27+/m1/s1. The van der Waals surface area contributed by atoms with Gasteiger partial charge in [0, 0.05) is 12.8 Å². The Kier molecular flexibility index (Phi) is 14.0. The van der Waals surface area contributed by atoms with Gasteiger partial charge in [0.05, 0.1) is 6.04 Å². The lowest BCUT2D eigenvalue weighted by Crippen LogP contribution is -2.56. The molecule has 0 heterocycles. The Bertz CT molecular complexity index is 1140. The van der Waals surface area contributed by atoms with Crippen molar-refractivity contribution in [1.82, 2.24) is 10.6 Å². The van der Waals surface area contributed by atoms with Crippen molar-refractivity contribution in [3.8, 4) is 0 Å². The van der Waals surface area contributed by atoms with Gasteiger partial charge in [-0.05, 0) is 29.9 Å². The monoisotopic (exact) mass is 568 g/mol. The van der Waals surface area contributed by atoms with E-state index in [1.165, 1.54) is 0 Å². The van der Waals surface area contributed by atoms with Crippen LogP contribution >= 0.6 is 0 Å². The molecule has 0 bridgehead atoms. The van der Waals surface area contributed by atoms with E-state index in [0.29, 0.717) is 6.42 Å². The molecule has 0 radical (unpaired) electrons. The zero-order chi connectivity index (χ0) is 30.2. The van der Waals surface area contributed by atoms with Gasteiger partial charge in [-0.25, -0.2) is 0 Å².